The minimum Gasteiger partial charge on any atom is -0.491 e. The molecule has 6 heteroatoms. The summed E-state index contributed by atoms with van der Waals surface area (Å²) in [6.07, 6.45) is 0.878. The summed E-state index contributed by atoms with van der Waals surface area (Å²) in [4.78, 5) is 0.298. The number of hydrogen-bond donors (Lipinski definition) is 2. The van der Waals surface area contributed by atoms with Crippen LogP contribution < -0.4 is 14.8 Å². The van der Waals surface area contributed by atoms with Gasteiger partial charge in [0.15, 0.2) is 0 Å². The number of ether oxygens (including phenoxy) is 1. The number of nitrogens with one attached hydrogen (secondary N) is 2. The molecule has 1 aromatic carbocycles. The molecule has 0 aromatic heterocycles. The Morgan fingerprint density at radius 1 is 1.36 bits per heavy atom. The summed E-state index contributed by atoms with van der Waals surface area (Å²) in [7, 11) is -3.49. The minimum absolute atomic E-state index is 0.0156. The largest absolute Gasteiger partial charge is 0.491 e. The highest BCUT2D eigenvalue weighted by Gasteiger charge is 2.26. The zero-order chi connectivity index (χ0) is 16.3. The lowest BCUT2D eigenvalue weighted by molar-refractivity contribution is 0.240. The van der Waals surface area contributed by atoms with Crippen molar-refractivity contribution >= 4 is 10.0 Å². The Balaban J connectivity index is 2.17. The molecule has 1 aromatic rings. The molecular formula is C16H26N2O3S. The van der Waals surface area contributed by atoms with Gasteiger partial charge in [0.05, 0.1) is 11.0 Å². The molecule has 1 heterocycles. The molecule has 0 radical (unpaired) electrons. The van der Waals surface area contributed by atoms with E-state index in [0.717, 1.165) is 30.8 Å². The molecule has 1 saturated heterocycles. The normalized spacial score (nSPS) is 22.8. The maximum atomic E-state index is 12.6. The van der Waals surface area contributed by atoms with Crippen LogP contribution in [-0.2, 0) is 10.0 Å². The number of hydrogen-bond acceptors (Lipinski definition) is 4. The van der Waals surface area contributed by atoms with Crippen LogP contribution in [0.1, 0.15) is 32.8 Å². The monoisotopic (exact) mass is 326 g/mol. The van der Waals surface area contributed by atoms with Gasteiger partial charge >= 0.3 is 0 Å². The number of benzene rings is 1. The van der Waals surface area contributed by atoms with E-state index >= 15 is 0 Å². The fourth-order valence-corrected chi connectivity index (χ4v) is 4.10. The second kappa shape index (κ2) is 6.98. The summed E-state index contributed by atoms with van der Waals surface area (Å²) in [6, 6.07) is 5.00. The molecule has 1 aliphatic rings. The van der Waals surface area contributed by atoms with Crippen molar-refractivity contribution in [3.05, 3.63) is 23.8 Å². The van der Waals surface area contributed by atoms with E-state index in [1.807, 2.05) is 20.8 Å². The van der Waals surface area contributed by atoms with Crippen LogP contribution in [0.15, 0.2) is 23.1 Å². The number of sulfonamides is 1. The molecule has 2 rings (SSSR count). The summed E-state index contributed by atoms with van der Waals surface area (Å²) in [5.41, 5.74) is 0.829. The number of rotatable bonds is 5. The Morgan fingerprint density at radius 2 is 2.09 bits per heavy atom. The van der Waals surface area contributed by atoms with Gasteiger partial charge in [0, 0.05) is 6.04 Å². The predicted molar refractivity (Wildman–Crippen MR) is 87.7 cm³/mol. The van der Waals surface area contributed by atoms with E-state index in [-0.39, 0.29) is 18.1 Å². The van der Waals surface area contributed by atoms with Gasteiger partial charge in [0.1, 0.15) is 5.75 Å². The molecule has 5 nitrogen and oxygen atoms in total. The van der Waals surface area contributed by atoms with E-state index in [2.05, 4.69) is 17.0 Å². The second-order valence-corrected chi connectivity index (χ2v) is 8.01. The van der Waals surface area contributed by atoms with Gasteiger partial charge in [-0.2, -0.15) is 0 Å². The van der Waals surface area contributed by atoms with Crippen LogP contribution >= 0.6 is 0 Å². The molecular weight excluding hydrogens is 300 g/mol. The fraction of sp³-hybridized carbons (Fsp3) is 0.625. The van der Waals surface area contributed by atoms with Crippen molar-refractivity contribution in [3.8, 4) is 5.75 Å². The Bertz CT molecular complexity index is 614. The van der Waals surface area contributed by atoms with Crippen LogP contribution in [0.4, 0.5) is 0 Å². The summed E-state index contributed by atoms with van der Waals surface area (Å²) in [5, 5.41) is 3.27. The summed E-state index contributed by atoms with van der Waals surface area (Å²) < 4.78 is 33.6. The van der Waals surface area contributed by atoms with Crippen molar-refractivity contribution in [3.63, 3.8) is 0 Å². The van der Waals surface area contributed by atoms with Crippen molar-refractivity contribution in [1.82, 2.24) is 10.0 Å². The van der Waals surface area contributed by atoms with E-state index in [9.17, 15) is 8.42 Å². The number of aryl methyl sites for hydroxylation is 1. The fourth-order valence-electron chi connectivity index (χ4n) is 2.63. The Hall–Kier alpha value is -1.11. The molecule has 1 fully saturated rings. The molecule has 2 N–H and O–H groups in total. The molecule has 0 amide bonds. The zero-order valence-corrected chi connectivity index (χ0v) is 14.5. The quantitative estimate of drug-likeness (QED) is 0.869. The average molecular weight is 326 g/mol. The van der Waals surface area contributed by atoms with Crippen LogP contribution in [0.3, 0.4) is 0 Å². The molecule has 0 aliphatic carbocycles. The van der Waals surface area contributed by atoms with Gasteiger partial charge in [-0.1, -0.05) is 6.92 Å². The molecule has 0 spiro atoms. The maximum Gasteiger partial charge on any atom is 0.240 e. The third-order valence-electron chi connectivity index (χ3n) is 3.91. The van der Waals surface area contributed by atoms with E-state index < -0.39 is 10.0 Å². The molecule has 124 valence electrons. The molecule has 2 atom stereocenters. The first kappa shape index (κ1) is 17.2. The lowest BCUT2D eigenvalue weighted by Crippen LogP contribution is -2.48. The van der Waals surface area contributed by atoms with Crippen LogP contribution in [0, 0.1) is 12.8 Å². The maximum absolute atomic E-state index is 12.6. The molecule has 22 heavy (non-hydrogen) atoms. The average Bonchev–Trinajstić information content (AvgIpc) is 2.43. The molecule has 2 unspecified atom stereocenters. The molecule has 1 aliphatic heterocycles. The van der Waals surface area contributed by atoms with Crippen molar-refractivity contribution in [1.29, 1.82) is 0 Å². The zero-order valence-electron chi connectivity index (χ0n) is 13.7. The first-order valence-corrected chi connectivity index (χ1v) is 9.28. The van der Waals surface area contributed by atoms with Crippen LogP contribution in [-0.4, -0.2) is 33.7 Å². The Labute approximate surface area is 133 Å². The minimum atomic E-state index is -3.49. The third-order valence-corrected chi connectivity index (χ3v) is 5.40. The van der Waals surface area contributed by atoms with Gasteiger partial charge in [0.25, 0.3) is 0 Å². The van der Waals surface area contributed by atoms with E-state index in [1.54, 1.807) is 18.2 Å². The van der Waals surface area contributed by atoms with Crippen molar-refractivity contribution in [2.75, 3.05) is 13.1 Å². The van der Waals surface area contributed by atoms with E-state index in [0.29, 0.717) is 4.90 Å². The van der Waals surface area contributed by atoms with E-state index in [4.69, 9.17) is 4.74 Å². The highest BCUT2D eigenvalue weighted by molar-refractivity contribution is 7.89. The van der Waals surface area contributed by atoms with Crippen molar-refractivity contribution in [2.24, 2.45) is 5.92 Å². The standard InChI is InChI=1S/C16H26N2O3S/c1-11(2)21-16-6-5-14(9-12(16)3)22(19,20)18-15-7-8-17-10-13(15)4/h5-6,9,11,13,15,17-18H,7-8,10H2,1-4H3. The van der Waals surface area contributed by atoms with Crippen molar-refractivity contribution < 1.29 is 13.2 Å². The van der Waals surface area contributed by atoms with E-state index in [1.165, 1.54) is 0 Å². The summed E-state index contributed by atoms with van der Waals surface area (Å²) in [5.74, 6) is 1.01. The Kier molecular flexibility index (Phi) is 5.47. The first-order valence-electron chi connectivity index (χ1n) is 7.80. The lowest BCUT2D eigenvalue weighted by atomic mass is 9.97. The van der Waals surface area contributed by atoms with Gasteiger partial charge < -0.3 is 10.1 Å². The molecule has 0 saturated carbocycles. The van der Waals surface area contributed by atoms with Crippen LogP contribution in [0.2, 0.25) is 0 Å². The highest BCUT2D eigenvalue weighted by Crippen LogP contribution is 2.23. The lowest BCUT2D eigenvalue weighted by Gasteiger charge is -2.30. The van der Waals surface area contributed by atoms with Gasteiger partial charge in [0.2, 0.25) is 10.0 Å². The van der Waals surface area contributed by atoms with Gasteiger partial charge in [-0.3, -0.25) is 0 Å². The second-order valence-electron chi connectivity index (χ2n) is 6.29. The van der Waals surface area contributed by atoms with Crippen LogP contribution in [0.5, 0.6) is 5.75 Å². The molecule has 0 bridgehead atoms. The first-order chi connectivity index (χ1) is 10.3. The van der Waals surface area contributed by atoms with Crippen LogP contribution in [0.25, 0.3) is 0 Å². The topological polar surface area (TPSA) is 67.4 Å². The van der Waals surface area contributed by atoms with Gasteiger partial charge in [-0.05, 0) is 70.0 Å². The SMILES string of the molecule is Cc1cc(S(=O)(=O)NC2CCNCC2C)ccc1OC(C)C. The van der Waals surface area contributed by atoms with Gasteiger partial charge in [-0.25, -0.2) is 13.1 Å². The predicted octanol–water partition coefficient (Wildman–Crippen LogP) is 2.06. The number of piperidine rings is 1. The Morgan fingerprint density at radius 3 is 2.68 bits per heavy atom. The van der Waals surface area contributed by atoms with Crippen molar-refractivity contribution in [2.45, 2.75) is 51.2 Å². The third kappa shape index (κ3) is 4.21. The highest BCUT2D eigenvalue weighted by atomic mass is 32.2. The van der Waals surface area contributed by atoms with Gasteiger partial charge in [-0.15, -0.1) is 0 Å². The summed E-state index contributed by atoms with van der Waals surface area (Å²) >= 11 is 0. The smallest absolute Gasteiger partial charge is 0.240 e. The summed E-state index contributed by atoms with van der Waals surface area (Å²) in [6.45, 7) is 9.51.